The molecule has 0 heterocycles. The van der Waals surface area contributed by atoms with Crippen molar-refractivity contribution in [1.29, 1.82) is 0 Å². The van der Waals surface area contributed by atoms with Gasteiger partial charge in [-0.2, -0.15) is 0 Å². The lowest BCUT2D eigenvalue weighted by Gasteiger charge is -2.16. The molecule has 0 spiro atoms. The van der Waals surface area contributed by atoms with E-state index in [-0.39, 0.29) is 38.3 Å². The van der Waals surface area contributed by atoms with E-state index >= 15 is 0 Å². The van der Waals surface area contributed by atoms with Crippen molar-refractivity contribution in [2.45, 2.75) is 6.29 Å². The number of hydrogen-bond donors (Lipinski definition) is 1. The van der Waals surface area contributed by atoms with Crippen molar-refractivity contribution in [3.05, 3.63) is 24.3 Å². The van der Waals surface area contributed by atoms with E-state index < -0.39 is 12.1 Å². The van der Waals surface area contributed by atoms with Gasteiger partial charge in [-0.1, -0.05) is 6.08 Å². The molecule has 256 valence electrons. The average molecular weight is 639 g/mol. The minimum atomic E-state index is -1.35. The van der Waals surface area contributed by atoms with Crippen LogP contribution in [0.1, 0.15) is 0 Å². The predicted molar refractivity (Wildman–Crippen MR) is 156 cm³/mol. The lowest BCUT2D eigenvalue weighted by molar-refractivity contribution is -0.167. The Morgan fingerprint density at radius 1 is 0.545 bits per heavy atom. The number of aliphatic hydroxyl groups excluding tert-OH is 1. The van der Waals surface area contributed by atoms with Crippen LogP contribution in [0.15, 0.2) is 24.3 Å². The molecule has 0 aromatic heterocycles. The summed E-state index contributed by atoms with van der Waals surface area (Å²) < 4.78 is 58.8. The molecule has 0 amide bonds. The summed E-state index contributed by atoms with van der Waals surface area (Å²) in [4.78, 5) is 33.7. The fourth-order valence-electron chi connectivity index (χ4n) is 2.88. The van der Waals surface area contributed by atoms with Crippen LogP contribution in [-0.4, -0.2) is 168 Å². The Hall–Kier alpha value is -1.99. The molecule has 15 nitrogen and oxygen atoms in total. The molecule has 1 N–H and O–H groups in total. The molecule has 1 atom stereocenters. The fraction of sp³-hybridized carbons (Fsp3) is 0.759. The SMILES string of the molecule is C=CCOC(OCCOCCOCCOCCOCCOCCOCCOCCOCCOCCO)C(=O)C(C=O)=CC=O. The summed E-state index contributed by atoms with van der Waals surface area (Å²) in [5.74, 6) is -0.756. The second kappa shape index (κ2) is 35.5. The number of ketones is 1. The van der Waals surface area contributed by atoms with Crippen molar-refractivity contribution in [1.82, 2.24) is 0 Å². The number of aliphatic hydroxyl groups is 1. The highest BCUT2D eigenvalue weighted by molar-refractivity contribution is 6.15. The Kier molecular flexibility index (Phi) is 33.9. The number of carbonyl (C=O) groups is 3. The third kappa shape index (κ3) is 28.8. The van der Waals surface area contributed by atoms with Crippen LogP contribution in [0.3, 0.4) is 0 Å². The number of ether oxygens (including phenoxy) is 11. The highest BCUT2D eigenvalue weighted by atomic mass is 16.7. The van der Waals surface area contributed by atoms with Crippen LogP contribution >= 0.6 is 0 Å². The van der Waals surface area contributed by atoms with Crippen LogP contribution in [0, 0.1) is 0 Å². The average Bonchev–Trinajstić information content (AvgIpc) is 3.04. The van der Waals surface area contributed by atoms with Gasteiger partial charge in [0.25, 0.3) is 0 Å². The van der Waals surface area contributed by atoms with E-state index in [9.17, 15) is 14.4 Å². The quantitative estimate of drug-likeness (QED) is 0.0176. The summed E-state index contributed by atoms with van der Waals surface area (Å²) in [6.45, 7) is 11.1. The van der Waals surface area contributed by atoms with Crippen LogP contribution in [0.4, 0.5) is 0 Å². The number of allylic oxidation sites excluding steroid dienone is 1. The number of carbonyl (C=O) groups excluding carboxylic acids is 3. The molecular formula is C29H50O15. The van der Waals surface area contributed by atoms with Gasteiger partial charge in [0, 0.05) is 0 Å². The van der Waals surface area contributed by atoms with Crippen molar-refractivity contribution < 1.29 is 71.6 Å². The van der Waals surface area contributed by atoms with Gasteiger partial charge in [-0.3, -0.25) is 14.4 Å². The summed E-state index contributed by atoms with van der Waals surface area (Å²) in [6, 6.07) is 0. The van der Waals surface area contributed by atoms with Gasteiger partial charge in [-0.15, -0.1) is 6.58 Å². The molecule has 0 rings (SSSR count). The van der Waals surface area contributed by atoms with Gasteiger partial charge >= 0.3 is 0 Å². The van der Waals surface area contributed by atoms with E-state index in [1.165, 1.54) is 6.08 Å². The zero-order valence-electron chi connectivity index (χ0n) is 25.6. The summed E-state index contributed by atoms with van der Waals surface area (Å²) in [7, 11) is 0. The predicted octanol–water partition coefficient (Wildman–Crippen LogP) is -0.433. The zero-order valence-corrected chi connectivity index (χ0v) is 25.6. The van der Waals surface area contributed by atoms with Gasteiger partial charge in [0.15, 0.2) is 6.29 Å². The van der Waals surface area contributed by atoms with Crippen LogP contribution in [-0.2, 0) is 66.5 Å². The molecule has 0 aromatic carbocycles. The Morgan fingerprint density at radius 3 is 1.18 bits per heavy atom. The molecule has 0 saturated carbocycles. The summed E-state index contributed by atoms with van der Waals surface area (Å²) >= 11 is 0. The highest BCUT2D eigenvalue weighted by Crippen LogP contribution is 2.05. The Balaban J connectivity index is 3.39. The first kappa shape index (κ1) is 42.0. The van der Waals surface area contributed by atoms with Gasteiger partial charge in [0.2, 0.25) is 12.1 Å². The lowest BCUT2D eigenvalue weighted by Crippen LogP contribution is -2.31. The van der Waals surface area contributed by atoms with Crippen molar-refractivity contribution in [2.24, 2.45) is 0 Å². The summed E-state index contributed by atoms with van der Waals surface area (Å²) in [5.41, 5.74) is -0.347. The normalized spacial score (nSPS) is 12.3. The van der Waals surface area contributed by atoms with Crippen molar-refractivity contribution in [2.75, 3.05) is 139 Å². The van der Waals surface area contributed by atoms with Gasteiger partial charge in [-0.25, -0.2) is 0 Å². The second-order valence-corrected chi connectivity index (χ2v) is 8.30. The number of hydrogen-bond acceptors (Lipinski definition) is 15. The molecule has 0 aliphatic carbocycles. The van der Waals surface area contributed by atoms with E-state index in [1.807, 2.05) is 0 Å². The molecule has 0 bridgehead atoms. The molecule has 0 aromatic rings. The second-order valence-electron chi connectivity index (χ2n) is 8.30. The first-order valence-electron chi connectivity index (χ1n) is 14.5. The van der Waals surface area contributed by atoms with Crippen LogP contribution in [0.2, 0.25) is 0 Å². The Bertz CT molecular complexity index is 704. The molecule has 0 saturated heterocycles. The number of rotatable bonds is 37. The largest absolute Gasteiger partial charge is 0.394 e. The number of Topliss-reactive ketones (excluding diaryl/α,β-unsaturated/α-hetero) is 1. The molecule has 15 heteroatoms. The molecular weight excluding hydrogens is 588 g/mol. The first-order valence-corrected chi connectivity index (χ1v) is 14.5. The molecule has 0 aliphatic heterocycles. The topological polar surface area (TPSA) is 173 Å². The number of aldehydes is 2. The zero-order chi connectivity index (χ0) is 32.2. The smallest absolute Gasteiger partial charge is 0.223 e. The first-order chi connectivity index (χ1) is 21.7. The molecule has 0 aliphatic rings. The maximum atomic E-state index is 12.2. The van der Waals surface area contributed by atoms with Gasteiger partial charge in [-0.05, 0) is 6.08 Å². The van der Waals surface area contributed by atoms with Crippen molar-refractivity contribution in [3.8, 4) is 0 Å². The van der Waals surface area contributed by atoms with Crippen LogP contribution in [0.25, 0.3) is 0 Å². The molecule has 44 heavy (non-hydrogen) atoms. The van der Waals surface area contributed by atoms with E-state index in [4.69, 9.17) is 57.2 Å². The highest BCUT2D eigenvalue weighted by Gasteiger charge is 2.23. The monoisotopic (exact) mass is 638 g/mol. The van der Waals surface area contributed by atoms with E-state index in [2.05, 4.69) is 6.58 Å². The minimum absolute atomic E-state index is 0.0118. The molecule has 0 radical (unpaired) electrons. The van der Waals surface area contributed by atoms with Gasteiger partial charge in [0.05, 0.1) is 144 Å². The fourth-order valence-corrected chi connectivity index (χ4v) is 2.88. The van der Waals surface area contributed by atoms with E-state index in [1.54, 1.807) is 0 Å². The maximum absolute atomic E-state index is 12.2. The minimum Gasteiger partial charge on any atom is -0.394 e. The molecule has 1 unspecified atom stereocenters. The Labute approximate surface area is 259 Å². The summed E-state index contributed by atoms with van der Waals surface area (Å²) in [5, 5.41) is 8.57. The van der Waals surface area contributed by atoms with Gasteiger partial charge in [0.1, 0.15) is 6.29 Å². The van der Waals surface area contributed by atoms with Crippen LogP contribution in [0.5, 0.6) is 0 Å². The van der Waals surface area contributed by atoms with E-state index in [0.29, 0.717) is 119 Å². The Morgan fingerprint density at radius 2 is 0.886 bits per heavy atom. The molecule has 0 fully saturated rings. The van der Waals surface area contributed by atoms with Gasteiger partial charge < -0.3 is 57.2 Å². The van der Waals surface area contributed by atoms with E-state index in [0.717, 1.165) is 6.08 Å². The van der Waals surface area contributed by atoms with Crippen molar-refractivity contribution in [3.63, 3.8) is 0 Å². The maximum Gasteiger partial charge on any atom is 0.223 e. The lowest BCUT2D eigenvalue weighted by atomic mass is 10.2. The standard InChI is InChI=1S/C29H50O15/c1-2-6-43-29(28(33)27(26-32)3-4-30)44-25-24-42-23-22-41-21-20-40-19-18-39-17-16-38-15-14-37-13-12-36-11-10-35-9-8-34-7-5-31/h2-4,26,29,31H,1,5-25H2. The third-order valence-corrected chi connectivity index (χ3v) is 4.95. The van der Waals surface area contributed by atoms with Crippen molar-refractivity contribution >= 4 is 18.4 Å². The third-order valence-electron chi connectivity index (χ3n) is 4.95. The summed E-state index contributed by atoms with van der Waals surface area (Å²) in [6.07, 6.45) is 1.54. The van der Waals surface area contributed by atoms with Crippen LogP contribution < -0.4 is 0 Å².